The molecule has 126 valence electrons. The lowest BCUT2D eigenvalue weighted by atomic mass is 10.2. The van der Waals surface area contributed by atoms with Crippen LogP contribution >= 0.6 is 0 Å². The molecule has 3 rings (SSSR count). The summed E-state index contributed by atoms with van der Waals surface area (Å²) < 4.78 is 0. The first-order valence-electron chi connectivity index (χ1n) is 8.37. The largest absolute Gasteiger partial charge is 0.354 e. The number of aromatic nitrogens is 1. The lowest BCUT2D eigenvalue weighted by molar-refractivity contribution is 0.0746. The maximum atomic E-state index is 12.7. The van der Waals surface area contributed by atoms with Gasteiger partial charge in [0.05, 0.1) is 11.9 Å². The van der Waals surface area contributed by atoms with Crippen molar-refractivity contribution in [2.75, 3.05) is 11.9 Å². The topological polar surface area (TPSA) is 45.2 Å². The third-order valence-electron chi connectivity index (χ3n) is 3.93. The van der Waals surface area contributed by atoms with Crippen molar-refractivity contribution in [3.05, 3.63) is 90.3 Å². The Kier molecular flexibility index (Phi) is 5.42. The maximum absolute atomic E-state index is 12.7. The highest BCUT2D eigenvalue weighted by molar-refractivity contribution is 5.92. The Morgan fingerprint density at radius 2 is 1.60 bits per heavy atom. The summed E-state index contributed by atoms with van der Waals surface area (Å²) in [4.78, 5) is 18.8. The molecule has 0 unspecified atom stereocenters. The summed E-state index contributed by atoms with van der Waals surface area (Å²) in [6.45, 7) is 3.20. The Morgan fingerprint density at radius 3 is 2.20 bits per heavy atom. The molecule has 0 aliphatic rings. The van der Waals surface area contributed by atoms with Gasteiger partial charge in [-0.15, -0.1) is 0 Å². The summed E-state index contributed by atoms with van der Waals surface area (Å²) in [5, 5.41) is 3.27. The van der Waals surface area contributed by atoms with E-state index in [4.69, 9.17) is 0 Å². The summed E-state index contributed by atoms with van der Waals surface area (Å²) in [6, 6.07) is 23.5. The van der Waals surface area contributed by atoms with Gasteiger partial charge in [-0.3, -0.25) is 4.79 Å². The zero-order chi connectivity index (χ0) is 17.5. The molecule has 0 saturated carbocycles. The molecule has 1 amide bonds. The van der Waals surface area contributed by atoms with Crippen molar-refractivity contribution < 1.29 is 4.79 Å². The molecule has 1 N–H and O–H groups in total. The summed E-state index contributed by atoms with van der Waals surface area (Å²) in [7, 11) is 0. The van der Waals surface area contributed by atoms with Crippen LogP contribution in [0.1, 0.15) is 23.0 Å². The van der Waals surface area contributed by atoms with Crippen LogP contribution in [0.3, 0.4) is 0 Å². The van der Waals surface area contributed by atoms with Crippen LogP contribution in [0, 0.1) is 0 Å². The number of anilines is 2. The average Bonchev–Trinajstić information content (AvgIpc) is 2.68. The van der Waals surface area contributed by atoms with Crippen molar-refractivity contribution in [1.82, 2.24) is 9.88 Å². The van der Waals surface area contributed by atoms with E-state index in [-0.39, 0.29) is 5.91 Å². The van der Waals surface area contributed by atoms with Crippen LogP contribution in [0.15, 0.2) is 79.0 Å². The van der Waals surface area contributed by atoms with Gasteiger partial charge in [-0.2, -0.15) is 0 Å². The van der Waals surface area contributed by atoms with E-state index in [9.17, 15) is 4.79 Å². The Hall–Kier alpha value is -3.14. The number of benzene rings is 2. The highest BCUT2D eigenvalue weighted by atomic mass is 16.2. The van der Waals surface area contributed by atoms with E-state index in [1.165, 1.54) is 0 Å². The second-order valence-electron chi connectivity index (χ2n) is 5.73. The average molecular weight is 331 g/mol. The number of carbonyl (C=O) groups excluding carboxylic acids is 1. The van der Waals surface area contributed by atoms with Crippen LogP contribution in [0.2, 0.25) is 0 Å². The van der Waals surface area contributed by atoms with E-state index in [2.05, 4.69) is 10.3 Å². The maximum Gasteiger partial charge on any atom is 0.272 e. The Bertz CT molecular complexity index is 802. The van der Waals surface area contributed by atoms with Crippen molar-refractivity contribution >= 4 is 17.3 Å². The van der Waals surface area contributed by atoms with Gasteiger partial charge in [-0.1, -0.05) is 48.5 Å². The molecule has 0 bridgehead atoms. The van der Waals surface area contributed by atoms with E-state index in [1.807, 2.05) is 73.7 Å². The zero-order valence-corrected chi connectivity index (χ0v) is 14.2. The zero-order valence-electron chi connectivity index (χ0n) is 14.2. The normalized spacial score (nSPS) is 10.3. The molecule has 1 heterocycles. The fourth-order valence-corrected chi connectivity index (χ4v) is 2.58. The molecule has 0 aliphatic carbocycles. The standard InChI is InChI=1S/C21H21N3O/c1-2-24(16-17-9-5-3-6-10-17)21(25)20-14-13-19(15-22-20)23-18-11-7-4-8-12-18/h3-15,23H,2,16H2,1H3. The molecule has 4 nitrogen and oxygen atoms in total. The molecular formula is C21H21N3O. The predicted molar refractivity (Wildman–Crippen MR) is 101 cm³/mol. The van der Waals surface area contributed by atoms with Crippen molar-refractivity contribution in [2.45, 2.75) is 13.5 Å². The molecule has 0 radical (unpaired) electrons. The second kappa shape index (κ2) is 8.11. The van der Waals surface area contributed by atoms with Crippen molar-refractivity contribution in [2.24, 2.45) is 0 Å². The minimum absolute atomic E-state index is 0.0578. The van der Waals surface area contributed by atoms with Crippen LogP contribution in [0.4, 0.5) is 11.4 Å². The van der Waals surface area contributed by atoms with Crippen molar-refractivity contribution in [3.8, 4) is 0 Å². The Balaban J connectivity index is 1.68. The van der Waals surface area contributed by atoms with Gasteiger partial charge in [0.25, 0.3) is 5.91 Å². The van der Waals surface area contributed by atoms with E-state index >= 15 is 0 Å². The fourth-order valence-electron chi connectivity index (χ4n) is 2.58. The summed E-state index contributed by atoms with van der Waals surface area (Å²) >= 11 is 0. The highest BCUT2D eigenvalue weighted by Gasteiger charge is 2.15. The van der Waals surface area contributed by atoms with E-state index < -0.39 is 0 Å². The SMILES string of the molecule is CCN(Cc1ccccc1)C(=O)c1ccc(Nc2ccccc2)cn1. The minimum atomic E-state index is -0.0578. The van der Waals surface area contributed by atoms with Crippen molar-refractivity contribution in [1.29, 1.82) is 0 Å². The number of nitrogens with zero attached hydrogens (tertiary/aromatic N) is 2. The molecular weight excluding hydrogens is 310 g/mol. The lowest BCUT2D eigenvalue weighted by Gasteiger charge is -2.20. The van der Waals surface area contributed by atoms with E-state index in [0.717, 1.165) is 16.9 Å². The highest BCUT2D eigenvalue weighted by Crippen LogP contribution is 2.16. The van der Waals surface area contributed by atoms with Crippen LogP contribution in [0.5, 0.6) is 0 Å². The van der Waals surface area contributed by atoms with E-state index in [1.54, 1.807) is 17.2 Å². The lowest BCUT2D eigenvalue weighted by Crippen LogP contribution is -2.30. The molecule has 0 spiro atoms. The fraction of sp³-hybridized carbons (Fsp3) is 0.143. The molecule has 0 aliphatic heterocycles. The van der Waals surface area contributed by atoms with Gasteiger partial charge in [0.2, 0.25) is 0 Å². The number of rotatable bonds is 6. The Labute approximate surface area is 148 Å². The first-order valence-corrected chi connectivity index (χ1v) is 8.37. The smallest absolute Gasteiger partial charge is 0.272 e. The summed E-state index contributed by atoms with van der Waals surface area (Å²) in [5.41, 5.74) is 3.41. The number of para-hydroxylation sites is 1. The molecule has 25 heavy (non-hydrogen) atoms. The van der Waals surface area contributed by atoms with Gasteiger partial charge in [-0.25, -0.2) is 4.98 Å². The quantitative estimate of drug-likeness (QED) is 0.724. The molecule has 0 fully saturated rings. The second-order valence-corrected chi connectivity index (χ2v) is 5.73. The van der Waals surface area contributed by atoms with E-state index in [0.29, 0.717) is 18.8 Å². The monoisotopic (exact) mass is 331 g/mol. The van der Waals surface area contributed by atoms with Crippen LogP contribution < -0.4 is 5.32 Å². The van der Waals surface area contributed by atoms with Gasteiger partial charge < -0.3 is 10.2 Å². The van der Waals surface area contributed by atoms with Gasteiger partial charge in [0.15, 0.2) is 0 Å². The number of hydrogen-bond acceptors (Lipinski definition) is 3. The first kappa shape index (κ1) is 16.7. The number of hydrogen-bond donors (Lipinski definition) is 1. The molecule has 4 heteroatoms. The number of carbonyl (C=O) groups is 1. The third kappa shape index (κ3) is 4.44. The summed E-state index contributed by atoms with van der Waals surface area (Å²) in [6.07, 6.45) is 1.69. The molecule has 0 saturated heterocycles. The van der Waals surface area contributed by atoms with Gasteiger partial charge in [0, 0.05) is 18.8 Å². The number of pyridine rings is 1. The molecule has 3 aromatic rings. The molecule has 1 aromatic heterocycles. The minimum Gasteiger partial charge on any atom is -0.354 e. The van der Waals surface area contributed by atoms with Crippen LogP contribution in [0.25, 0.3) is 0 Å². The number of nitrogens with one attached hydrogen (secondary N) is 1. The molecule has 2 aromatic carbocycles. The van der Waals surface area contributed by atoms with Crippen LogP contribution in [-0.2, 0) is 6.54 Å². The van der Waals surface area contributed by atoms with Crippen LogP contribution in [-0.4, -0.2) is 22.3 Å². The molecule has 0 atom stereocenters. The number of amides is 1. The van der Waals surface area contributed by atoms with Gasteiger partial charge in [0.1, 0.15) is 5.69 Å². The first-order chi connectivity index (χ1) is 12.3. The van der Waals surface area contributed by atoms with Crippen molar-refractivity contribution in [3.63, 3.8) is 0 Å². The van der Waals surface area contributed by atoms with Gasteiger partial charge in [-0.05, 0) is 36.8 Å². The van der Waals surface area contributed by atoms with Gasteiger partial charge >= 0.3 is 0 Å². The summed E-state index contributed by atoms with van der Waals surface area (Å²) in [5.74, 6) is -0.0578. The predicted octanol–water partition coefficient (Wildman–Crippen LogP) is 4.49. The third-order valence-corrected chi connectivity index (χ3v) is 3.93. The Morgan fingerprint density at radius 1 is 0.920 bits per heavy atom.